The molecule has 0 aromatic heterocycles. The maximum atomic E-state index is 10.9. The van der Waals surface area contributed by atoms with E-state index in [0.717, 1.165) is 6.26 Å². The van der Waals surface area contributed by atoms with Gasteiger partial charge in [0.15, 0.2) is 6.29 Å². The summed E-state index contributed by atoms with van der Waals surface area (Å²) < 4.78 is 29.1. The molecule has 0 radical (unpaired) electrons. The van der Waals surface area contributed by atoms with Crippen molar-refractivity contribution >= 4 is 22.0 Å². The van der Waals surface area contributed by atoms with E-state index in [-0.39, 0.29) is 0 Å². The highest BCUT2D eigenvalue weighted by Gasteiger charge is 2.06. The van der Waals surface area contributed by atoms with E-state index < -0.39 is 10.0 Å². The monoisotopic (exact) mass is 229 g/mol. The minimum atomic E-state index is -3.32. The van der Waals surface area contributed by atoms with Crippen LogP contribution in [-0.2, 0) is 10.0 Å². The van der Waals surface area contributed by atoms with Gasteiger partial charge in [0.2, 0.25) is 10.0 Å². The van der Waals surface area contributed by atoms with Crippen molar-refractivity contribution in [3.63, 3.8) is 0 Å². The molecule has 1 N–H and O–H groups in total. The van der Waals surface area contributed by atoms with Crippen molar-refractivity contribution in [2.75, 3.05) is 18.1 Å². The lowest BCUT2D eigenvalue weighted by Crippen LogP contribution is -2.09. The number of sulfonamides is 1. The summed E-state index contributed by atoms with van der Waals surface area (Å²) in [5.41, 5.74) is 0.733. The van der Waals surface area contributed by atoms with Gasteiger partial charge in [0.25, 0.3) is 0 Å². The Kier molecular flexibility index (Phi) is 3.31. The Labute approximate surface area is 88.1 Å². The van der Waals surface area contributed by atoms with Crippen LogP contribution in [0.5, 0.6) is 5.75 Å². The second kappa shape index (κ2) is 4.31. The summed E-state index contributed by atoms with van der Waals surface area (Å²) in [5.74, 6) is 0.332. The van der Waals surface area contributed by atoms with Crippen LogP contribution in [0.1, 0.15) is 10.4 Å². The third-order valence-electron chi connectivity index (χ3n) is 1.66. The normalized spacial score (nSPS) is 10.8. The van der Waals surface area contributed by atoms with Crippen molar-refractivity contribution in [3.8, 4) is 5.75 Å². The number of carbonyl (C=O) groups excluding carboxylic acids is 1. The van der Waals surface area contributed by atoms with Gasteiger partial charge in [0.05, 0.1) is 24.6 Å². The Hall–Kier alpha value is -1.56. The van der Waals surface area contributed by atoms with Crippen LogP contribution in [0, 0.1) is 0 Å². The highest BCUT2D eigenvalue weighted by molar-refractivity contribution is 7.92. The van der Waals surface area contributed by atoms with Crippen LogP contribution in [0.3, 0.4) is 0 Å². The van der Waals surface area contributed by atoms with Gasteiger partial charge in [0, 0.05) is 6.07 Å². The van der Waals surface area contributed by atoms with Gasteiger partial charge in [-0.25, -0.2) is 8.42 Å². The fraction of sp³-hybridized carbons (Fsp3) is 0.222. The number of hydrogen-bond acceptors (Lipinski definition) is 4. The summed E-state index contributed by atoms with van der Waals surface area (Å²) in [5, 5.41) is 0. The van der Waals surface area contributed by atoms with E-state index >= 15 is 0 Å². The molecule has 5 nitrogen and oxygen atoms in total. The predicted octanol–water partition coefficient (Wildman–Crippen LogP) is 0.879. The van der Waals surface area contributed by atoms with E-state index in [1.54, 1.807) is 0 Å². The quantitative estimate of drug-likeness (QED) is 0.778. The lowest BCUT2D eigenvalue weighted by molar-refractivity contribution is 0.112. The van der Waals surface area contributed by atoms with Crippen LogP contribution in [-0.4, -0.2) is 28.1 Å². The fourth-order valence-corrected chi connectivity index (χ4v) is 1.64. The molecule has 1 aromatic rings. The average Bonchev–Trinajstić information content (AvgIpc) is 2.15. The Morgan fingerprint density at radius 3 is 2.53 bits per heavy atom. The van der Waals surface area contributed by atoms with Crippen LogP contribution in [0.4, 0.5) is 5.69 Å². The second-order valence-electron chi connectivity index (χ2n) is 2.95. The largest absolute Gasteiger partial charge is 0.496 e. The van der Waals surface area contributed by atoms with E-state index in [9.17, 15) is 13.2 Å². The first-order valence-electron chi connectivity index (χ1n) is 4.07. The van der Waals surface area contributed by atoms with Gasteiger partial charge < -0.3 is 4.74 Å². The zero-order valence-electron chi connectivity index (χ0n) is 8.35. The van der Waals surface area contributed by atoms with Gasteiger partial charge in [-0.2, -0.15) is 0 Å². The number of methoxy groups -OCH3 is 1. The molecule has 0 spiro atoms. The zero-order chi connectivity index (χ0) is 11.5. The number of hydrogen-bond donors (Lipinski definition) is 1. The van der Waals surface area contributed by atoms with Gasteiger partial charge in [0.1, 0.15) is 5.75 Å². The van der Waals surface area contributed by atoms with E-state index in [4.69, 9.17) is 4.74 Å². The molecule has 0 bridgehead atoms. The molecule has 6 heteroatoms. The molecule has 0 saturated carbocycles. The Bertz CT molecular complexity index is 467. The average molecular weight is 229 g/mol. The SMILES string of the molecule is COc1cc(NS(C)(=O)=O)ccc1C=O. The van der Waals surface area contributed by atoms with Gasteiger partial charge in [-0.15, -0.1) is 0 Å². The van der Waals surface area contributed by atoms with Crippen molar-refractivity contribution < 1.29 is 17.9 Å². The number of rotatable bonds is 4. The first-order chi connectivity index (χ1) is 6.96. The number of nitrogens with one attached hydrogen (secondary N) is 1. The summed E-state index contributed by atoms with van der Waals surface area (Å²) in [6.07, 6.45) is 1.69. The third-order valence-corrected chi connectivity index (χ3v) is 2.27. The number of ether oxygens (including phenoxy) is 1. The maximum absolute atomic E-state index is 10.9. The molecule has 82 valence electrons. The lowest BCUT2D eigenvalue weighted by Gasteiger charge is -2.07. The van der Waals surface area contributed by atoms with E-state index in [1.165, 1.54) is 25.3 Å². The third kappa shape index (κ3) is 3.25. The smallest absolute Gasteiger partial charge is 0.229 e. The van der Waals surface area contributed by atoms with Crippen molar-refractivity contribution in [2.45, 2.75) is 0 Å². The molecule has 0 amide bonds. The summed E-state index contributed by atoms with van der Waals surface area (Å²) >= 11 is 0. The fourth-order valence-electron chi connectivity index (χ4n) is 1.09. The van der Waals surface area contributed by atoms with E-state index in [0.29, 0.717) is 23.3 Å². The molecule has 1 aromatic carbocycles. The number of benzene rings is 1. The maximum Gasteiger partial charge on any atom is 0.229 e. The molecule has 0 atom stereocenters. The lowest BCUT2D eigenvalue weighted by atomic mass is 10.2. The summed E-state index contributed by atoms with van der Waals surface area (Å²) in [7, 11) is -1.91. The molecule has 0 unspecified atom stereocenters. The van der Waals surface area contributed by atoms with Crippen molar-refractivity contribution in [3.05, 3.63) is 23.8 Å². The van der Waals surface area contributed by atoms with Gasteiger partial charge >= 0.3 is 0 Å². The molecule has 1 rings (SSSR count). The number of carbonyl (C=O) groups is 1. The number of aldehydes is 1. The van der Waals surface area contributed by atoms with Gasteiger partial charge in [-0.05, 0) is 12.1 Å². The van der Waals surface area contributed by atoms with Crippen LogP contribution < -0.4 is 9.46 Å². The Morgan fingerprint density at radius 1 is 1.40 bits per heavy atom. The van der Waals surface area contributed by atoms with Crippen LogP contribution in [0.15, 0.2) is 18.2 Å². The first-order valence-corrected chi connectivity index (χ1v) is 5.96. The summed E-state index contributed by atoms with van der Waals surface area (Å²) in [6, 6.07) is 4.43. The first kappa shape index (κ1) is 11.5. The highest BCUT2D eigenvalue weighted by Crippen LogP contribution is 2.22. The molecule has 0 fully saturated rings. The van der Waals surface area contributed by atoms with Crippen molar-refractivity contribution in [1.29, 1.82) is 0 Å². The molecular formula is C9H11NO4S. The molecule has 0 aliphatic carbocycles. The Balaban J connectivity index is 3.08. The minimum Gasteiger partial charge on any atom is -0.496 e. The molecule has 0 aliphatic rings. The number of anilines is 1. The van der Waals surface area contributed by atoms with Crippen LogP contribution >= 0.6 is 0 Å². The van der Waals surface area contributed by atoms with E-state index in [1.807, 2.05) is 0 Å². The van der Waals surface area contributed by atoms with Crippen molar-refractivity contribution in [1.82, 2.24) is 0 Å². The Morgan fingerprint density at radius 2 is 2.07 bits per heavy atom. The second-order valence-corrected chi connectivity index (χ2v) is 4.70. The topological polar surface area (TPSA) is 72.5 Å². The van der Waals surface area contributed by atoms with Gasteiger partial charge in [-0.3, -0.25) is 9.52 Å². The highest BCUT2D eigenvalue weighted by atomic mass is 32.2. The molecule has 0 aliphatic heterocycles. The zero-order valence-corrected chi connectivity index (χ0v) is 9.17. The van der Waals surface area contributed by atoms with Crippen LogP contribution in [0.25, 0.3) is 0 Å². The van der Waals surface area contributed by atoms with Crippen molar-refractivity contribution in [2.24, 2.45) is 0 Å². The van der Waals surface area contributed by atoms with Crippen LogP contribution in [0.2, 0.25) is 0 Å². The predicted molar refractivity (Wildman–Crippen MR) is 56.8 cm³/mol. The standard InChI is InChI=1S/C9H11NO4S/c1-14-9-5-8(10-15(2,12)13)4-3-7(9)6-11/h3-6,10H,1-2H3. The molecule has 0 saturated heterocycles. The molecule has 15 heavy (non-hydrogen) atoms. The van der Waals surface area contributed by atoms with Gasteiger partial charge in [-0.1, -0.05) is 0 Å². The summed E-state index contributed by atoms with van der Waals surface area (Å²) in [6.45, 7) is 0. The molecular weight excluding hydrogens is 218 g/mol. The van der Waals surface area contributed by atoms with E-state index in [2.05, 4.69) is 4.72 Å². The molecule has 0 heterocycles. The minimum absolute atomic E-state index is 0.332. The summed E-state index contributed by atoms with van der Waals surface area (Å²) in [4.78, 5) is 10.6.